The van der Waals surface area contributed by atoms with Crippen molar-refractivity contribution in [1.29, 1.82) is 0 Å². The first-order valence-electron chi connectivity index (χ1n) is 8.64. The predicted octanol–water partition coefficient (Wildman–Crippen LogP) is 3.89. The fourth-order valence-electron chi connectivity index (χ4n) is 2.90. The second-order valence-corrected chi connectivity index (χ2v) is 7.01. The zero-order chi connectivity index (χ0) is 18.4. The molecule has 1 fully saturated rings. The molecule has 6 heteroatoms. The number of benzene rings is 2. The molecule has 0 aromatic heterocycles. The lowest BCUT2D eigenvalue weighted by atomic mass is 10.1. The number of ketones is 1. The molecule has 136 valence electrons. The quantitative estimate of drug-likeness (QED) is 0.725. The van der Waals surface area contributed by atoms with E-state index in [1.807, 2.05) is 36.4 Å². The Morgan fingerprint density at radius 1 is 1.04 bits per heavy atom. The van der Waals surface area contributed by atoms with Crippen molar-refractivity contribution in [2.75, 3.05) is 36.5 Å². The molecule has 0 spiro atoms. The molecular formula is C20H21BrN2O3. The van der Waals surface area contributed by atoms with Crippen molar-refractivity contribution in [2.45, 2.75) is 12.8 Å². The average molecular weight is 417 g/mol. The lowest BCUT2D eigenvalue weighted by Crippen LogP contribution is -2.36. The zero-order valence-corrected chi connectivity index (χ0v) is 16.0. The van der Waals surface area contributed by atoms with Crippen LogP contribution in [0.3, 0.4) is 0 Å². The van der Waals surface area contributed by atoms with Crippen molar-refractivity contribution in [2.24, 2.45) is 0 Å². The first-order valence-corrected chi connectivity index (χ1v) is 9.43. The molecule has 1 aliphatic rings. The highest BCUT2D eigenvalue weighted by molar-refractivity contribution is 9.10. The number of hydrogen-bond acceptors (Lipinski definition) is 4. The van der Waals surface area contributed by atoms with Gasteiger partial charge in [-0.3, -0.25) is 9.59 Å². The molecule has 2 aromatic rings. The van der Waals surface area contributed by atoms with Crippen molar-refractivity contribution in [3.05, 3.63) is 58.6 Å². The Labute approximate surface area is 161 Å². The summed E-state index contributed by atoms with van der Waals surface area (Å²) in [6.45, 7) is 2.93. The minimum atomic E-state index is -0.165. The monoisotopic (exact) mass is 416 g/mol. The van der Waals surface area contributed by atoms with Gasteiger partial charge in [-0.1, -0.05) is 46.3 Å². The van der Waals surface area contributed by atoms with Crippen LogP contribution < -0.4 is 10.2 Å². The number of nitrogens with one attached hydrogen (secondary N) is 1. The van der Waals surface area contributed by atoms with Crippen LogP contribution in [0.1, 0.15) is 23.2 Å². The standard InChI is InChI=1S/C20H21BrN2O3/c21-16-6-7-18(23-10-12-26-13-11-23)17(14-16)22-20(25)9-8-19(24)15-4-2-1-3-5-15/h1-7,14H,8-13H2,(H,22,25). The third kappa shape index (κ3) is 4.93. The van der Waals surface area contributed by atoms with E-state index in [1.54, 1.807) is 12.1 Å². The highest BCUT2D eigenvalue weighted by atomic mass is 79.9. The maximum atomic E-state index is 12.4. The third-order valence-electron chi connectivity index (χ3n) is 4.26. The van der Waals surface area contributed by atoms with Gasteiger partial charge in [-0.25, -0.2) is 0 Å². The van der Waals surface area contributed by atoms with Crippen LogP contribution in [0, 0.1) is 0 Å². The van der Waals surface area contributed by atoms with Gasteiger partial charge in [-0.15, -0.1) is 0 Å². The molecule has 26 heavy (non-hydrogen) atoms. The van der Waals surface area contributed by atoms with E-state index in [4.69, 9.17) is 4.74 Å². The van der Waals surface area contributed by atoms with E-state index in [0.29, 0.717) is 18.8 Å². The number of carbonyl (C=O) groups excluding carboxylic acids is 2. The van der Waals surface area contributed by atoms with Gasteiger partial charge in [0, 0.05) is 36.0 Å². The molecule has 0 unspecified atom stereocenters. The molecule has 1 heterocycles. The summed E-state index contributed by atoms with van der Waals surface area (Å²) in [5.41, 5.74) is 2.36. The lowest BCUT2D eigenvalue weighted by Gasteiger charge is -2.30. The summed E-state index contributed by atoms with van der Waals surface area (Å²) in [4.78, 5) is 26.7. The van der Waals surface area contributed by atoms with Gasteiger partial charge in [0.1, 0.15) is 0 Å². The first kappa shape index (κ1) is 18.6. The van der Waals surface area contributed by atoms with Gasteiger partial charge in [0.15, 0.2) is 5.78 Å². The third-order valence-corrected chi connectivity index (χ3v) is 4.75. The van der Waals surface area contributed by atoms with Gasteiger partial charge in [0.2, 0.25) is 5.91 Å². The normalized spacial score (nSPS) is 14.1. The highest BCUT2D eigenvalue weighted by Gasteiger charge is 2.17. The van der Waals surface area contributed by atoms with Crippen molar-refractivity contribution >= 4 is 39.0 Å². The molecule has 1 aliphatic heterocycles. The predicted molar refractivity (Wildman–Crippen MR) is 106 cm³/mol. The van der Waals surface area contributed by atoms with Crippen molar-refractivity contribution in [3.63, 3.8) is 0 Å². The van der Waals surface area contributed by atoms with Gasteiger partial charge < -0.3 is 15.0 Å². The number of morpholine rings is 1. The molecule has 1 amide bonds. The SMILES string of the molecule is O=C(CCC(=O)c1ccccc1)Nc1cc(Br)ccc1N1CCOCC1. The summed E-state index contributed by atoms with van der Waals surface area (Å²) in [6.07, 6.45) is 0.347. The lowest BCUT2D eigenvalue weighted by molar-refractivity contribution is -0.116. The van der Waals surface area contributed by atoms with E-state index < -0.39 is 0 Å². The smallest absolute Gasteiger partial charge is 0.224 e. The molecule has 0 radical (unpaired) electrons. The van der Waals surface area contributed by atoms with Gasteiger partial charge in [0.25, 0.3) is 0 Å². The summed E-state index contributed by atoms with van der Waals surface area (Å²) in [5, 5.41) is 2.95. The Morgan fingerprint density at radius 3 is 2.50 bits per heavy atom. The van der Waals surface area contributed by atoms with Gasteiger partial charge >= 0.3 is 0 Å². The molecule has 1 saturated heterocycles. The van der Waals surface area contributed by atoms with Gasteiger partial charge in [-0.2, -0.15) is 0 Å². The Bertz CT molecular complexity index is 774. The number of anilines is 2. The number of hydrogen-bond donors (Lipinski definition) is 1. The number of carbonyl (C=O) groups is 2. The Balaban J connectivity index is 1.63. The van der Waals surface area contributed by atoms with Crippen LogP contribution >= 0.6 is 15.9 Å². The number of amides is 1. The van der Waals surface area contributed by atoms with E-state index in [0.717, 1.165) is 28.9 Å². The van der Waals surface area contributed by atoms with Crippen LogP contribution in [0.2, 0.25) is 0 Å². The Hall–Kier alpha value is -2.18. The van der Waals surface area contributed by atoms with Crippen LogP contribution in [0.15, 0.2) is 53.0 Å². The van der Waals surface area contributed by atoms with Crippen molar-refractivity contribution in [3.8, 4) is 0 Å². The van der Waals surface area contributed by atoms with Crippen LogP contribution in [0.4, 0.5) is 11.4 Å². The molecule has 5 nitrogen and oxygen atoms in total. The van der Waals surface area contributed by atoms with Crippen LogP contribution in [-0.2, 0) is 9.53 Å². The summed E-state index contributed by atoms with van der Waals surface area (Å²) in [6, 6.07) is 14.9. The van der Waals surface area contributed by atoms with E-state index in [1.165, 1.54) is 0 Å². The molecule has 0 aliphatic carbocycles. The number of nitrogens with zero attached hydrogens (tertiary/aromatic N) is 1. The van der Waals surface area contributed by atoms with Gasteiger partial charge in [0.05, 0.1) is 24.6 Å². The fraction of sp³-hybridized carbons (Fsp3) is 0.300. The van der Waals surface area contributed by atoms with E-state index in [2.05, 4.69) is 26.1 Å². The van der Waals surface area contributed by atoms with Crippen molar-refractivity contribution in [1.82, 2.24) is 0 Å². The topological polar surface area (TPSA) is 58.6 Å². The number of halogens is 1. The second-order valence-electron chi connectivity index (χ2n) is 6.10. The Morgan fingerprint density at radius 2 is 1.77 bits per heavy atom. The first-order chi connectivity index (χ1) is 12.6. The number of rotatable bonds is 6. The van der Waals surface area contributed by atoms with Crippen LogP contribution in [-0.4, -0.2) is 38.0 Å². The number of Topliss-reactive ketones (excluding diaryl/α,β-unsaturated/α-hetero) is 1. The maximum absolute atomic E-state index is 12.4. The molecular weight excluding hydrogens is 396 g/mol. The summed E-state index contributed by atoms with van der Waals surface area (Å²) in [7, 11) is 0. The second kappa shape index (κ2) is 8.96. The highest BCUT2D eigenvalue weighted by Crippen LogP contribution is 2.30. The molecule has 0 saturated carbocycles. The molecule has 0 atom stereocenters. The zero-order valence-electron chi connectivity index (χ0n) is 14.4. The summed E-state index contributed by atoms with van der Waals surface area (Å²) >= 11 is 3.45. The minimum Gasteiger partial charge on any atom is -0.378 e. The van der Waals surface area contributed by atoms with Crippen LogP contribution in [0.25, 0.3) is 0 Å². The minimum absolute atomic E-state index is 0.0246. The van der Waals surface area contributed by atoms with E-state index in [9.17, 15) is 9.59 Å². The molecule has 0 bridgehead atoms. The van der Waals surface area contributed by atoms with E-state index >= 15 is 0 Å². The summed E-state index contributed by atoms with van der Waals surface area (Å²) < 4.78 is 6.29. The fourth-order valence-corrected chi connectivity index (χ4v) is 3.26. The van der Waals surface area contributed by atoms with E-state index in [-0.39, 0.29) is 24.5 Å². The molecule has 1 N–H and O–H groups in total. The number of ether oxygens (including phenoxy) is 1. The maximum Gasteiger partial charge on any atom is 0.224 e. The van der Waals surface area contributed by atoms with Crippen LogP contribution in [0.5, 0.6) is 0 Å². The largest absolute Gasteiger partial charge is 0.378 e. The van der Waals surface area contributed by atoms with Crippen molar-refractivity contribution < 1.29 is 14.3 Å². The summed E-state index contributed by atoms with van der Waals surface area (Å²) in [5.74, 6) is -0.190. The average Bonchev–Trinajstić information content (AvgIpc) is 2.67. The Kier molecular flexibility index (Phi) is 6.41. The molecule has 2 aromatic carbocycles. The molecule has 3 rings (SSSR count). The van der Waals surface area contributed by atoms with Gasteiger partial charge in [-0.05, 0) is 18.2 Å².